The van der Waals surface area contributed by atoms with Crippen molar-refractivity contribution in [3.05, 3.63) is 30.1 Å². The maximum absolute atomic E-state index is 11.9. The minimum absolute atomic E-state index is 0.110. The third-order valence-electron chi connectivity index (χ3n) is 3.44. The first kappa shape index (κ1) is 17.3. The molecule has 2 aromatic heterocycles. The fourth-order valence-electron chi connectivity index (χ4n) is 2.27. The summed E-state index contributed by atoms with van der Waals surface area (Å²) in [4.78, 5) is 30.1. The average Bonchev–Trinajstić information content (AvgIpc) is 2.49. The number of halogens is 1. The minimum Gasteiger partial charge on any atom is -0.444 e. The third-order valence-corrected chi connectivity index (χ3v) is 3.63. The Balaban J connectivity index is 1.57. The van der Waals surface area contributed by atoms with Gasteiger partial charge in [-0.2, -0.15) is 0 Å². The van der Waals surface area contributed by atoms with Crippen LogP contribution in [-0.2, 0) is 4.74 Å². The van der Waals surface area contributed by atoms with Crippen molar-refractivity contribution >= 4 is 23.5 Å². The Bertz CT molecular complexity index is 756. The molecule has 0 spiro atoms. The van der Waals surface area contributed by atoms with Crippen molar-refractivity contribution in [3.8, 4) is 11.3 Å². The molecule has 0 atom stereocenters. The molecule has 2 aromatic rings. The lowest BCUT2D eigenvalue weighted by atomic mass is 10.1. The monoisotopic (exact) mass is 362 g/mol. The van der Waals surface area contributed by atoms with Crippen LogP contribution in [0, 0.1) is 0 Å². The predicted molar refractivity (Wildman–Crippen MR) is 93.3 cm³/mol. The van der Waals surface area contributed by atoms with Gasteiger partial charge in [0.15, 0.2) is 0 Å². The number of carbonyl (C=O) groups is 1. The van der Waals surface area contributed by atoms with Crippen molar-refractivity contribution in [2.45, 2.75) is 32.4 Å². The Kier molecular flexibility index (Phi) is 4.71. The second-order valence-electron chi connectivity index (χ2n) is 6.76. The Morgan fingerprint density at radius 3 is 2.56 bits per heavy atom. The highest BCUT2D eigenvalue weighted by atomic mass is 35.5. The molecule has 25 heavy (non-hydrogen) atoms. The van der Waals surface area contributed by atoms with Crippen LogP contribution in [0.25, 0.3) is 11.3 Å². The Morgan fingerprint density at radius 1 is 1.24 bits per heavy atom. The summed E-state index contributed by atoms with van der Waals surface area (Å²) in [5, 5.41) is 3.44. The van der Waals surface area contributed by atoms with Crippen LogP contribution in [-0.4, -0.2) is 55.7 Å². The van der Waals surface area contributed by atoms with Crippen LogP contribution in [0.3, 0.4) is 0 Å². The molecule has 0 unspecified atom stereocenters. The molecule has 1 N–H and O–H groups in total. The van der Waals surface area contributed by atoms with Crippen LogP contribution >= 0.6 is 11.6 Å². The van der Waals surface area contributed by atoms with Gasteiger partial charge in [-0.15, -0.1) is 0 Å². The van der Waals surface area contributed by atoms with E-state index in [2.05, 4.69) is 25.3 Å². The summed E-state index contributed by atoms with van der Waals surface area (Å²) >= 11 is 5.69. The molecular weight excluding hydrogens is 344 g/mol. The highest BCUT2D eigenvalue weighted by Gasteiger charge is 2.33. The molecule has 1 saturated heterocycles. The number of anilines is 1. The van der Waals surface area contributed by atoms with Gasteiger partial charge in [0, 0.05) is 31.0 Å². The van der Waals surface area contributed by atoms with Crippen LogP contribution < -0.4 is 5.32 Å². The number of amides is 1. The van der Waals surface area contributed by atoms with E-state index in [1.165, 1.54) is 0 Å². The molecule has 1 aliphatic rings. The molecule has 132 valence electrons. The summed E-state index contributed by atoms with van der Waals surface area (Å²) in [5.41, 5.74) is 0.880. The van der Waals surface area contributed by atoms with E-state index in [4.69, 9.17) is 16.3 Å². The quantitative estimate of drug-likeness (QED) is 0.839. The lowest BCUT2D eigenvalue weighted by Crippen LogP contribution is -2.58. The van der Waals surface area contributed by atoms with Gasteiger partial charge in [-0.05, 0) is 32.4 Å². The summed E-state index contributed by atoms with van der Waals surface area (Å²) in [5.74, 6) is 0.626. The van der Waals surface area contributed by atoms with Crippen LogP contribution in [0.1, 0.15) is 20.8 Å². The second kappa shape index (κ2) is 6.79. The largest absolute Gasteiger partial charge is 0.444 e. The number of ether oxygens (including phenoxy) is 1. The van der Waals surface area contributed by atoms with Gasteiger partial charge >= 0.3 is 6.09 Å². The van der Waals surface area contributed by atoms with Crippen LogP contribution in [0.4, 0.5) is 10.6 Å². The summed E-state index contributed by atoms with van der Waals surface area (Å²) in [6, 6.07) is 0.110. The number of hydrogen-bond donors (Lipinski definition) is 1. The van der Waals surface area contributed by atoms with Crippen LogP contribution in [0.2, 0.25) is 5.28 Å². The summed E-state index contributed by atoms with van der Waals surface area (Å²) in [6.07, 6.45) is 6.15. The van der Waals surface area contributed by atoms with E-state index < -0.39 is 5.60 Å². The molecular formula is C16H19ClN6O2. The highest BCUT2D eigenvalue weighted by Crippen LogP contribution is 2.20. The van der Waals surface area contributed by atoms with Gasteiger partial charge in [0.25, 0.3) is 0 Å². The normalized spacial score (nSPS) is 14.8. The second-order valence-corrected chi connectivity index (χ2v) is 7.09. The van der Waals surface area contributed by atoms with Gasteiger partial charge in [-0.1, -0.05) is 0 Å². The Morgan fingerprint density at radius 2 is 1.92 bits per heavy atom. The van der Waals surface area contributed by atoms with E-state index in [1.54, 1.807) is 29.7 Å². The van der Waals surface area contributed by atoms with E-state index in [0.29, 0.717) is 24.6 Å². The number of rotatable bonds is 3. The van der Waals surface area contributed by atoms with Gasteiger partial charge < -0.3 is 15.0 Å². The van der Waals surface area contributed by atoms with Gasteiger partial charge in [0.1, 0.15) is 11.4 Å². The molecule has 1 amide bonds. The van der Waals surface area contributed by atoms with Crippen molar-refractivity contribution in [3.63, 3.8) is 0 Å². The zero-order valence-corrected chi connectivity index (χ0v) is 15.0. The van der Waals surface area contributed by atoms with Crippen molar-refractivity contribution < 1.29 is 9.53 Å². The average molecular weight is 363 g/mol. The number of aromatic nitrogens is 4. The van der Waals surface area contributed by atoms with E-state index >= 15 is 0 Å². The molecule has 0 radical (unpaired) electrons. The number of carbonyl (C=O) groups excluding carboxylic acids is 1. The SMILES string of the molecule is CC(C)(C)OC(=O)N1CC(Nc2cncc(-c3cnc(Cl)nc3)n2)C1. The molecule has 8 nitrogen and oxygen atoms in total. The molecule has 0 saturated carbocycles. The van der Waals surface area contributed by atoms with E-state index in [1.807, 2.05) is 20.8 Å². The molecule has 0 bridgehead atoms. The van der Waals surface area contributed by atoms with Crippen molar-refractivity contribution in [1.29, 1.82) is 0 Å². The van der Waals surface area contributed by atoms with Crippen molar-refractivity contribution in [2.75, 3.05) is 18.4 Å². The highest BCUT2D eigenvalue weighted by molar-refractivity contribution is 6.28. The molecule has 9 heteroatoms. The van der Waals surface area contributed by atoms with Gasteiger partial charge in [-0.25, -0.2) is 19.7 Å². The van der Waals surface area contributed by atoms with Crippen LogP contribution in [0.5, 0.6) is 0 Å². The fraction of sp³-hybridized carbons (Fsp3) is 0.438. The smallest absolute Gasteiger partial charge is 0.410 e. The van der Waals surface area contributed by atoms with Gasteiger partial charge in [0.2, 0.25) is 5.28 Å². The number of nitrogens with zero attached hydrogens (tertiary/aromatic N) is 5. The summed E-state index contributed by atoms with van der Waals surface area (Å²) < 4.78 is 5.33. The lowest BCUT2D eigenvalue weighted by molar-refractivity contribution is 0.0104. The molecule has 1 aliphatic heterocycles. The molecule has 0 aliphatic carbocycles. The van der Waals surface area contributed by atoms with Gasteiger partial charge in [0.05, 0.1) is 24.1 Å². The molecule has 1 fully saturated rings. The maximum Gasteiger partial charge on any atom is 0.410 e. The maximum atomic E-state index is 11.9. The Hall–Kier alpha value is -2.48. The van der Waals surface area contributed by atoms with Crippen LogP contribution in [0.15, 0.2) is 24.8 Å². The van der Waals surface area contributed by atoms with Crippen molar-refractivity contribution in [2.24, 2.45) is 0 Å². The lowest BCUT2D eigenvalue weighted by Gasteiger charge is -2.40. The molecule has 3 heterocycles. The number of hydrogen-bond acceptors (Lipinski definition) is 7. The first-order chi connectivity index (χ1) is 11.8. The number of likely N-dealkylation sites (tertiary alicyclic amines) is 1. The zero-order valence-electron chi connectivity index (χ0n) is 14.2. The van der Waals surface area contributed by atoms with Crippen molar-refractivity contribution in [1.82, 2.24) is 24.8 Å². The summed E-state index contributed by atoms with van der Waals surface area (Å²) in [6.45, 7) is 6.67. The summed E-state index contributed by atoms with van der Waals surface area (Å²) in [7, 11) is 0. The van der Waals surface area contributed by atoms with E-state index in [9.17, 15) is 4.79 Å². The standard InChI is InChI=1S/C16H19ClN6O2/c1-16(2,3)25-15(24)23-8-11(9-23)21-13-7-18-6-12(22-13)10-4-19-14(17)20-5-10/h4-7,11H,8-9H2,1-3H3,(H,21,22). The number of nitrogens with one attached hydrogen (secondary N) is 1. The van der Waals surface area contributed by atoms with Gasteiger partial charge in [-0.3, -0.25) is 4.98 Å². The van der Waals surface area contributed by atoms with E-state index in [0.717, 1.165) is 5.56 Å². The Labute approximate surface area is 150 Å². The predicted octanol–water partition coefficient (Wildman–Crippen LogP) is 2.62. The minimum atomic E-state index is -0.490. The molecule has 3 rings (SSSR count). The third kappa shape index (κ3) is 4.54. The molecule has 0 aromatic carbocycles. The zero-order chi connectivity index (χ0) is 18.0. The topological polar surface area (TPSA) is 93.1 Å². The first-order valence-electron chi connectivity index (χ1n) is 7.84. The van der Waals surface area contributed by atoms with E-state index in [-0.39, 0.29) is 17.4 Å². The first-order valence-corrected chi connectivity index (χ1v) is 8.22. The fourth-order valence-corrected chi connectivity index (χ4v) is 2.37.